The van der Waals surface area contributed by atoms with Crippen LogP contribution in [-0.4, -0.2) is 40.2 Å². The van der Waals surface area contributed by atoms with E-state index < -0.39 is 0 Å². The van der Waals surface area contributed by atoms with Crippen molar-refractivity contribution in [3.63, 3.8) is 0 Å². The van der Waals surface area contributed by atoms with Gasteiger partial charge in [-0.25, -0.2) is 4.79 Å². The molecular formula is C28H30N4O2. The van der Waals surface area contributed by atoms with Crippen LogP contribution in [-0.2, 0) is 26.6 Å². The molecule has 1 aromatic heterocycles. The molecule has 1 saturated heterocycles. The van der Waals surface area contributed by atoms with Crippen molar-refractivity contribution in [2.75, 3.05) is 31.1 Å². The van der Waals surface area contributed by atoms with Crippen LogP contribution in [0.5, 0.6) is 0 Å². The maximum absolute atomic E-state index is 13.4. The number of aromatic nitrogens is 2. The molecule has 5 rings (SSSR count). The fraction of sp³-hybridized carbons (Fsp3) is 0.357. The highest BCUT2D eigenvalue weighted by molar-refractivity contribution is 5.48. The van der Waals surface area contributed by atoms with Crippen molar-refractivity contribution in [1.29, 1.82) is 0 Å². The molecule has 0 N–H and O–H groups in total. The molecular weight excluding hydrogens is 424 g/mol. The third-order valence-corrected chi connectivity index (χ3v) is 6.88. The summed E-state index contributed by atoms with van der Waals surface area (Å²) in [4.78, 5) is 31.0. The Balaban J connectivity index is 1.35. The Morgan fingerprint density at radius 3 is 2.38 bits per heavy atom. The number of rotatable bonds is 4. The summed E-state index contributed by atoms with van der Waals surface area (Å²) < 4.78 is 3.03. The minimum Gasteiger partial charge on any atom is -0.372 e. The molecule has 6 heteroatoms. The molecule has 174 valence electrons. The average molecular weight is 455 g/mol. The zero-order chi connectivity index (χ0) is 23.5. The van der Waals surface area contributed by atoms with Gasteiger partial charge in [0.1, 0.15) is 0 Å². The Morgan fingerprint density at radius 2 is 1.65 bits per heavy atom. The van der Waals surface area contributed by atoms with Crippen molar-refractivity contribution < 1.29 is 0 Å². The molecule has 34 heavy (non-hydrogen) atoms. The van der Waals surface area contributed by atoms with Gasteiger partial charge in [-0.2, -0.15) is 0 Å². The first-order valence-corrected chi connectivity index (χ1v) is 12.0. The Hall–Kier alpha value is -3.56. The van der Waals surface area contributed by atoms with E-state index in [1.807, 2.05) is 42.5 Å². The Labute approximate surface area is 200 Å². The van der Waals surface area contributed by atoms with Crippen LogP contribution in [0.1, 0.15) is 35.2 Å². The summed E-state index contributed by atoms with van der Waals surface area (Å²) in [5.74, 6) is 6.41. The molecule has 2 aromatic carbocycles. The van der Waals surface area contributed by atoms with Gasteiger partial charge in [0.05, 0.1) is 18.7 Å². The van der Waals surface area contributed by atoms with E-state index in [-0.39, 0.29) is 17.8 Å². The fourth-order valence-corrected chi connectivity index (χ4v) is 4.94. The highest BCUT2D eigenvalue weighted by atomic mass is 16.2. The molecule has 0 bridgehead atoms. The lowest BCUT2D eigenvalue weighted by atomic mass is 10.1. The van der Waals surface area contributed by atoms with Gasteiger partial charge in [0.2, 0.25) is 0 Å². The molecule has 6 nitrogen and oxygen atoms in total. The first-order valence-electron chi connectivity index (χ1n) is 12.0. The van der Waals surface area contributed by atoms with Gasteiger partial charge in [-0.05, 0) is 42.7 Å². The number of hydrogen-bond donors (Lipinski definition) is 0. The smallest absolute Gasteiger partial charge is 0.331 e. The average Bonchev–Trinajstić information content (AvgIpc) is 3.41. The van der Waals surface area contributed by atoms with E-state index in [9.17, 15) is 9.59 Å². The number of benzene rings is 2. The van der Waals surface area contributed by atoms with E-state index in [2.05, 4.69) is 33.8 Å². The lowest BCUT2D eigenvalue weighted by Crippen LogP contribution is -2.47. The van der Waals surface area contributed by atoms with Crippen LogP contribution >= 0.6 is 0 Å². The van der Waals surface area contributed by atoms with Crippen LogP contribution < -0.4 is 16.1 Å². The maximum atomic E-state index is 13.4. The van der Waals surface area contributed by atoms with Gasteiger partial charge in [-0.15, -0.1) is 0 Å². The molecule has 0 saturated carbocycles. The number of hydrogen-bond acceptors (Lipinski definition) is 4. The van der Waals surface area contributed by atoms with E-state index in [1.54, 1.807) is 11.6 Å². The second kappa shape index (κ2) is 9.74. The van der Waals surface area contributed by atoms with Gasteiger partial charge in [0, 0.05) is 56.6 Å². The monoisotopic (exact) mass is 454 g/mol. The standard InChI is InChI=1S/C28H30N4O2/c1-29-26-15-19-30(16-7-10-22-8-3-2-4-9-22)21-25(26)27(33)32(28(29)34)20-23-11-13-24(14-12-23)31-17-5-6-18-31/h2-4,8-9,11-14H,5-6,15-21H2,1H3. The molecule has 1 fully saturated rings. The van der Waals surface area contributed by atoms with E-state index in [0.717, 1.165) is 36.5 Å². The maximum Gasteiger partial charge on any atom is 0.331 e. The first-order chi connectivity index (χ1) is 16.6. The fourth-order valence-electron chi connectivity index (χ4n) is 4.94. The molecule has 0 atom stereocenters. The molecule has 3 heterocycles. The van der Waals surface area contributed by atoms with Crippen LogP contribution in [0.25, 0.3) is 0 Å². The molecule has 0 aliphatic carbocycles. The normalized spacial score (nSPS) is 15.6. The van der Waals surface area contributed by atoms with Crippen molar-refractivity contribution in [2.45, 2.75) is 32.4 Å². The number of fused-ring (bicyclic) bond motifs is 1. The Morgan fingerprint density at radius 1 is 0.912 bits per heavy atom. The van der Waals surface area contributed by atoms with E-state index in [0.29, 0.717) is 25.1 Å². The van der Waals surface area contributed by atoms with Crippen molar-refractivity contribution in [2.24, 2.45) is 7.05 Å². The quantitative estimate of drug-likeness (QED) is 0.569. The summed E-state index contributed by atoms with van der Waals surface area (Å²) in [6.07, 6.45) is 3.14. The van der Waals surface area contributed by atoms with Crippen LogP contribution in [0.3, 0.4) is 0 Å². The highest BCUT2D eigenvalue weighted by Crippen LogP contribution is 2.21. The van der Waals surface area contributed by atoms with Crippen LogP contribution in [0.2, 0.25) is 0 Å². The molecule has 0 unspecified atom stereocenters. The Kier molecular flexibility index (Phi) is 6.37. The number of anilines is 1. The summed E-state index contributed by atoms with van der Waals surface area (Å²) in [6, 6.07) is 18.2. The van der Waals surface area contributed by atoms with Crippen LogP contribution in [0.15, 0.2) is 64.2 Å². The van der Waals surface area contributed by atoms with Gasteiger partial charge in [0.25, 0.3) is 5.56 Å². The second-order valence-corrected chi connectivity index (χ2v) is 9.15. The van der Waals surface area contributed by atoms with Crippen molar-refractivity contribution in [3.8, 4) is 11.8 Å². The van der Waals surface area contributed by atoms with Crippen molar-refractivity contribution in [3.05, 3.63) is 97.8 Å². The zero-order valence-electron chi connectivity index (χ0n) is 19.7. The number of nitrogens with zero attached hydrogens (tertiary/aromatic N) is 4. The third-order valence-electron chi connectivity index (χ3n) is 6.88. The molecule has 0 spiro atoms. The lowest BCUT2D eigenvalue weighted by Gasteiger charge is -2.28. The van der Waals surface area contributed by atoms with Crippen LogP contribution in [0, 0.1) is 11.8 Å². The first kappa shape index (κ1) is 22.2. The van der Waals surface area contributed by atoms with Gasteiger partial charge >= 0.3 is 5.69 Å². The minimum atomic E-state index is -0.246. The molecule has 2 aliphatic heterocycles. The lowest BCUT2D eigenvalue weighted by molar-refractivity contribution is 0.275. The zero-order valence-corrected chi connectivity index (χ0v) is 19.7. The third kappa shape index (κ3) is 4.57. The van der Waals surface area contributed by atoms with Gasteiger partial charge in [-0.3, -0.25) is 14.3 Å². The van der Waals surface area contributed by atoms with Crippen molar-refractivity contribution in [1.82, 2.24) is 14.0 Å². The summed E-state index contributed by atoms with van der Waals surface area (Å²) >= 11 is 0. The molecule has 0 radical (unpaired) electrons. The summed E-state index contributed by atoms with van der Waals surface area (Å²) in [6.45, 7) is 4.36. The van der Waals surface area contributed by atoms with E-state index >= 15 is 0 Å². The van der Waals surface area contributed by atoms with Gasteiger partial charge < -0.3 is 9.47 Å². The van der Waals surface area contributed by atoms with Crippen molar-refractivity contribution >= 4 is 5.69 Å². The molecule has 2 aliphatic rings. The predicted octanol–water partition coefficient (Wildman–Crippen LogP) is 2.61. The molecule has 0 amide bonds. The van der Waals surface area contributed by atoms with Crippen LogP contribution in [0.4, 0.5) is 5.69 Å². The summed E-state index contributed by atoms with van der Waals surface area (Å²) in [5.41, 5.74) is 4.29. The van der Waals surface area contributed by atoms with Gasteiger partial charge in [-0.1, -0.05) is 42.2 Å². The molecule has 3 aromatic rings. The SMILES string of the molecule is Cn1c2c(c(=O)n(Cc3ccc(N4CCCC4)cc3)c1=O)CN(CC#Cc1ccccc1)CC2. The van der Waals surface area contributed by atoms with E-state index in [4.69, 9.17) is 0 Å². The summed E-state index contributed by atoms with van der Waals surface area (Å²) in [5, 5.41) is 0. The second-order valence-electron chi connectivity index (χ2n) is 9.15. The highest BCUT2D eigenvalue weighted by Gasteiger charge is 2.24. The topological polar surface area (TPSA) is 50.5 Å². The minimum absolute atomic E-state index is 0.178. The van der Waals surface area contributed by atoms with E-state index in [1.165, 1.54) is 23.1 Å². The summed E-state index contributed by atoms with van der Waals surface area (Å²) in [7, 11) is 1.78. The van der Waals surface area contributed by atoms with Gasteiger partial charge in [0.15, 0.2) is 0 Å². The predicted molar refractivity (Wildman–Crippen MR) is 135 cm³/mol. The Bertz CT molecular complexity index is 1340. The largest absolute Gasteiger partial charge is 0.372 e.